The number of likely N-dealkylation sites (tertiary alicyclic amines) is 1. The highest BCUT2D eigenvalue weighted by molar-refractivity contribution is 7.13. The summed E-state index contributed by atoms with van der Waals surface area (Å²) in [6, 6.07) is 6.33. The van der Waals surface area contributed by atoms with E-state index >= 15 is 0 Å². The van der Waals surface area contributed by atoms with Crippen LogP contribution in [-0.4, -0.2) is 56.2 Å². The molecule has 11 heteroatoms. The number of benzene rings is 1. The van der Waals surface area contributed by atoms with E-state index in [0.29, 0.717) is 19.4 Å². The van der Waals surface area contributed by atoms with Crippen LogP contribution in [0.5, 0.6) is 0 Å². The zero-order chi connectivity index (χ0) is 28.3. The van der Waals surface area contributed by atoms with Gasteiger partial charge in [-0.25, -0.2) is 9.97 Å². The number of carbonyl (C=O) groups is 3. The average Bonchev–Trinajstić information content (AvgIpc) is 3.55. The molecule has 4 rings (SSSR count). The van der Waals surface area contributed by atoms with Crippen LogP contribution < -0.4 is 10.6 Å². The molecule has 39 heavy (non-hydrogen) atoms. The molecular formula is C28H33ClN6O3S. The SMILES string of the molecule is Cc1ncsc1-c1ccc(C(C)NC(=O)C2CCCN2C(=O)C(NC(=O)c2cncc(Cl)n2)C(C)(C)C)cc1. The molecule has 2 aromatic heterocycles. The summed E-state index contributed by atoms with van der Waals surface area (Å²) in [5, 5.41) is 5.96. The lowest BCUT2D eigenvalue weighted by Gasteiger charge is -2.35. The Morgan fingerprint density at radius 3 is 2.46 bits per heavy atom. The van der Waals surface area contributed by atoms with Crippen molar-refractivity contribution in [1.29, 1.82) is 0 Å². The third-order valence-electron chi connectivity index (χ3n) is 6.84. The molecule has 3 aromatic rings. The average molecular weight is 569 g/mol. The van der Waals surface area contributed by atoms with Gasteiger partial charge in [-0.3, -0.25) is 19.4 Å². The number of amides is 3. The monoisotopic (exact) mass is 568 g/mol. The number of rotatable bonds is 7. The lowest BCUT2D eigenvalue weighted by molar-refractivity contribution is -0.142. The molecule has 3 atom stereocenters. The van der Waals surface area contributed by atoms with E-state index < -0.39 is 23.4 Å². The first-order valence-corrected chi connectivity index (χ1v) is 14.1. The second kappa shape index (κ2) is 11.8. The van der Waals surface area contributed by atoms with Crippen molar-refractivity contribution in [1.82, 2.24) is 30.5 Å². The molecule has 0 aliphatic carbocycles. The van der Waals surface area contributed by atoms with Crippen molar-refractivity contribution < 1.29 is 14.4 Å². The minimum atomic E-state index is -0.876. The largest absolute Gasteiger partial charge is 0.348 e. The number of thiazole rings is 1. The van der Waals surface area contributed by atoms with Crippen LogP contribution in [0.3, 0.4) is 0 Å². The molecule has 1 aromatic carbocycles. The molecule has 1 aliphatic rings. The maximum atomic E-state index is 13.7. The highest BCUT2D eigenvalue weighted by Crippen LogP contribution is 2.29. The predicted octanol–water partition coefficient (Wildman–Crippen LogP) is 4.57. The highest BCUT2D eigenvalue weighted by Gasteiger charge is 2.42. The summed E-state index contributed by atoms with van der Waals surface area (Å²) in [6.07, 6.45) is 3.88. The molecular weight excluding hydrogens is 536 g/mol. The fourth-order valence-corrected chi connectivity index (χ4v) is 5.63. The van der Waals surface area contributed by atoms with Gasteiger partial charge in [-0.15, -0.1) is 11.3 Å². The fourth-order valence-electron chi connectivity index (χ4n) is 4.67. The third-order valence-corrected chi connectivity index (χ3v) is 8.00. The summed E-state index contributed by atoms with van der Waals surface area (Å²) in [6.45, 7) is 9.94. The van der Waals surface area contributed by atoms with Crippen molar-refractivity contribution in [3.63, 3.8) is 0 Å². The summed E-state index contributed by atoms with van der Waals surface area (Å²) in [7, 11) is 0. The Hall–Kier alpha value is -3.37. The van der Waals surface area contributed by atoms with Crippen LogP contribution >= 0.6 is 22.9 Å². The van der Waals surface area contributed by atoms with Gasteiger partial charge in [0.25, 0.3) is 5.91 Å². The van der Waals surface area contributed by atoms with Crippen LogP contribution in [0, 0.1) is 12.3 Å². The van der Waals surface area contributed by atoms with Crippen molar-refractivity contribution in [2.45, 2.75) is 65.6 Å². The Balaban J connectivity index is 1.44. The molecule has 3 amide bonds. The Morgan fingerprint density at radius 2 is 1.85 bits per heavy atom. The first kappa shape index (κ1) is 28.6. The van der Waals surface area contributed by atoms with Crippen molar-refractivity contribution in [3.8, 4) is 10.4 Å². The van der Waals surface area contributed by atoms with Gasteiger partial charge in [0, 0.05) is 6.54 Å². The number of aryl methyl sites for hydroxylation is 1. The number of nitrogens with one attached hydrogen (secondary N) is 2. The molecule has 0 radical (unpaired) electrons. The van der Waals surface area contributed by atoms with Crippen LogP contribution in [0.4, 0.5) is 0 Å². The third kappa shape index (κ3) is 6.62. The van der Waals surface area contributed by atoms with E-state index in [2.05, 4.69) is 25.6 Å². The minimum Gasteiger partial charge on any atom is -0.348 e. The van der Waals surface area contributed by atoms with Crippen LogP contribution in [0.2, 0.25) is 5.15 Å². The second-order valence-electron chi connectivity index (χ2n) is 10.8. The Kier molecular flexibility index (Phi) is 8.66. The molecule has 3 unspecified atom stereocenters. The van der Waals surface area contributed by atoms with Gasteiger partial charge in [0.05, 0.1) is 34.5 Å². The van der Waals surface area contributed by atoms with Crippen LogP contribution in [0.25, 0.3) is 10.4 Å². The van der Waals surface area contributed by atoms with Gasteiger partial charge in [-0.05, 0) is 43.2 Å². The number of aromatic nitrogens is 3. The standard InChI is InChI=1S/C28H33ClN6O3S/c1-16(18-8-10-19(11-9-18)23-17(2)31-15-39-23)32-26(37)21-7-6-12-35(21)27(38)24(28(3,4)5)34-25(36)20-13-30-14-22(29)33-20/h8-11,13-16,21,24H,6-7,12H2,1-5H3,(H,32,37)(H,34,36). The maximum Gasteiger partial charge on any atom is 0.272 e. The zero-order valence-electron chi connectivity index (χ0n) is 22.7. The van der Waals surface area contributed by atoms with Gasteiger partial charge in [0.15, 0.2) is 0 Å². The van der Waals surface area contributed by atoms with E-state index in [0.717, 1.165) is 21.7 Å². The van der Waals surface area contributed by atoms with Gasteiger partial charge < -0.3 is 15.5 Å². The second-order valence-corrected chi connectivity index (χ2v) is 12.1. The van der Waals surface area contributed by atoms with E-state index in [1.807, 2.05) is 64.4 Å². The molecule has 1 fully saturated rings. The van der Waals surface area contributed by atoms with E-state index in [-0.39, 0.29) is 28.7 Å². The normalized spacial score (nSPS) is 17.0. The zero-order valence-corrected chi connectivity index (χ0v) is 24.3. The Bertz CT molecular complexity index is 1350. The number of carbonyl (C=O) groups excluding carboxylic acids is 3. The van der Waals surface area contributed by atoms with Crippen LogP contribution in [0.15, 0.2) is 42.2 Å². The van der Waals surface area contributed by atoms with Gasteiger partial charge in [0.2, 0.25) is 11.8 Å². The lowest BCUT2D eigenvalue weighted by Crippen LogP contribution is -2.57. The number of hydrogen-bond acceptors (Lipinski definition) is 7. The number of halogens is 1. The van der Waals surface area contributed by atoms with Crippen molar-refractivity contribution in [3.05, 3.63) is 64.3 Å². The van der Waals surface area contributed by atoms with Gasteiger partial charge in [-0.2, -0.15) is 0 Å². The van der Waals surface area contributed by atoms with Crippen LogP contribution in [-0.2, 0) is 9.59 Å². The minimum absolute atomic E-state index is 0.0191. The molecule has 0 bridgehead atoms. The molecule has 0 spiro atoms. The molecule has 9 nitrogen and oxygen atoms in total. The summed E-state index contributed by atoms with van der Waals surface area (Å²) in [4.78, 5) is 54.9. The van der Waals surface area contributed by atoms with E-state index in [1.165, 1.54) is 12.4 Å². The smallest absolute Gasteiger partial charge is 0.272 e. The van der Waals surface area contributed by atoms with Gasteiger partial charge in [0.1, 0.15) is 22.9 Å². The molecule has 2 N–H and O–H groups in total. The van der Waals surface area contributed by atoms with Crippen LogP contribution in [0.1, 0.15) is 68.3 Å². The topological polar surface area (TPSA) is 117 Å². The molecule has 1 saturated heterocycles. The van der Waals surface area contributed by atoms with Gasteiger partial charge in [-0.1, -0.05) is 56.6 Å². The number of hydrogen-bond donors (Lipinski definition) is 2. The summed E-state index contributed by atoms with van der Waals surface area (Å²) in [5.74, 6) is -1.07. The Morgan fingerprint density at radius 1 is 1.13 bits per heavy atom. The molecule has 1 aliphatic heterocycles. The van der Waals surface area contributed by atoms with Crippen molar-refractivity contribution in [2.75, 3.05) is 6.54 Å². The quantitative estimate of drug-likeness (QED) is 0.431. The predicted molar refractivity (Wildman–Crippen MR) is 151 cm³/mol. The summed E-state index contributed by atoms with van der Waals surface area (Å²) in [5.41, 5.74) is 4.28. The van der Waals surface area contributed by atoms with Gasteiger partial charge >= 0.3 is 0 Å². The first-order valence-electron chi connectivity index (χ1n) is 12.9. The molecule has 206 valence electrons. The maximum absolute atomic E-state index is 13.7. The summed E-state index contributed by atoms with van der Waals surface area (Å²) < 4.78 is 0. The highest BCUT2D eigenvalue weighted by atomic mass is 35.5. The van der Waals surface area contributed by atoms with E-state index in [4.69, 9.17) is 11.6 Å². The summed E-state index contributed by atoms with van der Waals surface area (Å²) >= 11 is 7.48. The molecule has 0 saturated carbocycles. The fraction of sp³-hybridized carbons (Fsp3) is 0.429. The number of nitrogens with zero attached hydrogens (tertiary/aromatic N) is 4. The Labute approximate surface area is 237 Å². The molecule has 3 heterocycles. The lowest BCUT2D eigenvalue weighted by atomic mass is 9.85. The van der Waals surface area contributed by atoms with E-state index in [9.17, 15) is 14.4 Å². The van der Waals surface area contributed by atoms with Crippen molar-refractivity contribution >= 4 is 40.7 Å². The van der Waals surface area contributed by atoms with E-state index in [1.54, 1.807) is 16.2 Å². The first-order chi connectivity index (χ1) is 18.5. The van der Waals surface area contributed by atoms with Crippen molar-refractivity contribution in [2.24, 2.45) is 5.41 Å².